The van der Waals surface area contributed by atoms with Crippen molar-refractivity contribution in [3.05, 3.63) is 104 Å². The van der Waals surface area contributed by atoms with E-state index in [0.29, 0.717) is 167 Å². The van der Waals surface area contributed by atoms with Crippen LogP contribution in [0, 0.1) is 53.0 Å². The molecular formula is C100H164Cl3F5N12O9. The molecule has 8 fully saturated rings. The van der Waals surface area contributed by atoms with Gasteiger partial charge in [0.2, 0.25) is 0 Å². The second-order valence-corrected chi connectivity index (χ2v) is 40.3. The molecule has 4 saturated heterocycles. The Kier molecular flexibility index (Phi) is 48.3. The van der Waals surface area contributed by atoms with Crippen LogP contribution >= 0.6 is 34.8 Å². The number of likely N-dealkylation sites (tertiary alicyclic amines) is 4. The van der Waals surface area contributed by atoms with Crippen LogP contribution in [0.15, 0.2) is 54.6 Å². The van der Waals surface area contributed by atoms with E-state index in [9.17, 15) is 33.8 Å². The number of ether oxygens (including phenoxy) is 3. The normalized spacial score (nSPS) is 22.5. The Balaban J connectivity index is 0.000000216. The molecule has 4 aliphatic heterocycles. The third kappa shape index (κ3) is 34.3. The van der Waals surface area contributed by atoms with Gasteiger partial charge in [-0.3, -0.25) is 0 Å². The van der Waals surface area contributed by atoms with Crippen molar-refractivity contribution in [2.45, 2.75) is 342 Å². The standard InChI is InChI=1S/C28H44ClF2N3O2.2C28H45ClFN3O3.C16H30FN3O/c1-32-19-23(18-21-10-4-3-5-11-21)33-27(35)34-16-9-12-22(20-34)28(31,15-6-7-17-36-2)24-13-8-14-25(29)26(24)30;2*1-20(25(31)18-21-10-4-3-5-11-21)32-27(34)33-16-9-12-22(19-33)28(35,15-6-7-17-36-2)23-13-8-14-24(29)26(23)30;1-18-13-14(12-16(17)8-4-2-5-9-16)19-15(21)20-10-6-3-7-11-20/h8,13-14,21-23,32H,3-7,9-12,15-20H2,1-2H3,(H,33,35);2*8,13-14,20-22,25,35H,3-7,9-12,15-19,31H2,1-2H3,(H,32,34);14,18H,2-13H2,1H3,(H,19,21)/t22-,23+,28+;20-,22?,25-,28-;20-,22-,25+,28+;14-/m1011/s1. The number of hydrogen-bond acceptors (Lipinski definition) is 13. The molecule has 12 atom stereocenters. The fourth-order valence-electron chi connectivity index (χ4n) is 21.7. The predicted octanol–water partition coefficient (Wildman–Crippen LogP) is 20.5. The molecule has 0 aromatic heterocycles. The predicted molar refractivity (Wildman–Crippen MR) is 510 cm³/mol. The zero-order chi connectivity index (χ0) is 93.4. The number of nitrogens with zero attached hydrogens (tertiary/aromatic N) is 4. The minimum atomic E-state index is -1.91. The lowest BCUT2D eigenvalue weighted by Crippen LogP contribution is -2.55. The number of aliphatic hydroxyl groups is 2. The third-order valence-corrected chi connectivity index (χ3v) is 30.2. The quantitative estimate of drug-likeness (QED) is 0.0188. The molecule has 8 amide bonds. The van der Waals surface area contributed by atoms with Gasteiger partial charge in [0.25, 0.3) is 0 Å². The third-order valence-electron chi connectivity index (χ3n) is 29.4. The fourth-order valence-corrected chi connectivity index (χ4v) is 22.2. The first-order valence-corrected chi connectivity index (χ1v) is 50.8. The lowest BCUT2D eigenvalue weighted by molar-refractivity contribution is -0.0591. The highest BCUT2D eigenvalue weighted by atomic mass is 35.5. The van der Waals surface area contributed by atoms with Crippen LogP contribution in [0.5, 0.6) is 0 Å². The summed E-state index contributed by atoms with van der Waals surface area (Å²) in [6.45, 7) is 11.4. The lowest BCUT2D eigenvalue weighted by atomic mass is 9.74. The van der Waals surface area contributed by atoms with Gasteiger partial charge in [-0.05, 0) is 212 Å². The van der Waals surface area contributed by atoms with Gasteiger partial charge in [0.1, 0.15) is 28.8 Å². The topological polar surface area (TPSA) is 274 Å². The highest BCUT2D eigenvalue weighted by Gasteiger charge is 2.48. The number of urea groups is 4. The molecule has 0 radical (unpaired) electrons. The summed E-state index contributed by atoms with van der Waals surface area (Å²) in [5.74, 6) is -1.05. The number of hydrogen-bond donors (Lipinski definition) is 10. The van der Waals surface area contributed by atoms with Gasteiger partial charge in [0, 0.05) is 184 Å². The number of benzene rings is 3. The molecule has 12 N–H and O–H groups in total. The van der Waals surface area contributed by atoms with Crippen molar-refractivity contribution in [3.63, 3.8) is 0 Å². The monoisotopic (exact) mass is 1880 g/mol. The first kappa shape index (κ1) is 109. The van der Waals surface area contributed by atoms with Crippen LogP contribution < -0.4 is 43.4 Å². The average molecular weight is 1880 g/mol. The number of nitrogens with one attached hydrogen (secondary N) is 6. The fraction of sp³-hybridized carbons (Fsp3) is 0.780. The molecule has 8 aliphatic rings. The number of methoxy groups -OCH3 is 3. The maximum absolute atomic E-state index is 16.9. The maximum Gasteiger partial charge on any atom is 0.317 e. The lowest BCUT2D eigenvalue weighted by Gasteiger charge is -2.43. The van der Waals surface area contributed by atoms with Crippen LogP contribution in [0.2, 0.25) is 15.1 Å². The summed E-state index contributed by atoms with van der Waals surface area (Å²) in [4.78, 5) is 59.1. The van der Waals surface area contributed by atoms with E-state index in [-0.39, 0.29) is 117 Å². The van der Waals surface area contributed by atoms with E-state index in [1.165, 1.54) is 127 Å². The molecule has 0 spiro atoms. The van der Waals surface area contributed by atoms with Gasteiger partial charge >= 0.3 is 24.1 Å². The molecule has 4 saturated carbocycles. The van der Waals surface area contributed by atoms with Crippen molar-refractivity contribution in [2.75, 3.05) is 121 Å². The molecule has 4 heterocycles. The minimum absolute atomic E-state index is 0.00466. The summed E-state index contributed by atoms with van der Waals surface area (Å²) in [7, 11) is 8.65. The molecule has 21 nitrogen and oxygen atoms in total. The van der Waals surface area contributed by atoms with Gasteiger partial charge < -0.3 is 87.4 Å². The summed E-state index contributed by atoms with van der Waals surface area (Å²) in [6, 6.07) is 13.1. The van der Waals surface area contributed by atoms with Crippen LogP contribution in [0.3, 0.4) is 0 Å². The number of nitrogens with two attached hydrogens (primary N) is 2. The molecule has 0 bridgehead atoms. The molecule has 3 aromatic rings. The van der Waals surface area contributed by atoms with Crippen LogP contribution in [0.1, 0.15) is 300 Å². The number of carbonyl (C=O) groups is 4. The van der Waals surface area contributed by atoms with E-state index in [0.717, 1.165) is 90.1 Å². The van der Waals surface area contributed by atoms with Crippen molar-refractivity contribution in [1.82, 2.24) is 51.5 Å². The molecule has 11 rings (SSSR count). The second kappa shape index (κ2) is 57.1. The molecule has 1 unspecified atom stereocenters. The number of halogens is 8. The summed E-state index contributed by atoms with van der Waals surface area (Å²) in [5, 5.41) is 42.6. The van der Waals surface area contributed by atoms with Gasteiger partial charge in [0.05, 0.1) is 26.3 Å². The smallest absolute Gasteiger partial charge is 0.317 e. The average Bonchev–Trinajstić information content (AvgIpc) is 0.779. The number of piperidine rings is 4. The summed E-state index contributed by atoms with van der Waals surface area (Å²) in [6.07, 6.45) is 39.1. The number of alkyl halides is 2. The molecule has 29 heteroatoms. The van der Waals surface area contributed by atoms with Crippen molar-refractivity contribution in [3.8, 4) is 0 Å². The van der Waals surface area contributed by atoms with Crippen molar-refractivity contribution in [1.29, 1.82) is 0 Å². The highest BCUT2D eigenvalue weighted by molar-refractivity contribution is 6.31. The Labute approximate surface area is 785 Å². The number of likely N-dealkylation sites (N-methyl/N-ethyl adjacent to an activating group) is 2. The molecule has 4 aliphatic carbocycles. The SMILES string of the molecule is CNC[C@@H](CC1(F)CCCCC1)NC(=O)N1CCCCC1.CNC[C@H](CC1CCCCC1)NC(=O)N1CCC[C@@H]([C@@](F)(CCCCOC)c2cccc(Cl)c2F)C1.COCCCC[C@@](O)(c1cccc(Cl)c1F)C1CCCN(C(=O)N[C@@H](C)[C@@H](N)CC2CCCCC2)C1.COCCCC[C@@](O)(c1cccc(Cl)c1F)[C@@H]1CCCN(C(=O)N[C@H](C)[C@@H](N)CC2CCCCC2)C1. The van der Waals surface area contributed by atoms with Crippen molar-refractivity contribution >= 4 is 58.9 Å². The Hall–Kier alpha value is -5.10. The van der Waals surface area contributed by atoms with Crippen molar-refractivity contribution < 1.29 is 65.6 Å². The molecule has 734 valence electrons. The number of unbranched alkanes of at least 4 members (excludes halogenated alkanes) is 3. The van der Waals surface area contributed by atoms with Crippen LogP contribution in [0.4, 0.5) is 41.1 Å². The Morgan fingerprint density at radius 1 is 0.442 bits per heavy atom. The Morgan fingerprint density at radius 2 is 0.775 bits per heavy atom. The summed E-state index contributed by atoms with van der Waals surface area (Å²) < 4.78 is 92.5. The summed E-state index contributed by atoms with van der Waals surface area (Å²) >= 11 is 18.2. The van der Waals surface area contributed by atoms with Gasteiger partial charge in [-0.2, -0.15) is 0 Å². The second-order valence-electron chi connectivity index (χ2n) is 39.1. The zero-order valence-corrected chi connectivity index (χ0v) is 81.5. The Bertz CT molecular complexity index is 3600. The van der Waals surface area contributed by atoms with Crippen LogP contribution in [-0.4, -0.2) is 217 Å². The molecule has 129 heavy (non-hydrogen) atoms. The zero-order valence-electron chi connectivity index (χ0n) is 79.2. The van der Waals surface area contributed by atoms with E-state index in [4.69, 9.17) is 60.5 Å². The molecule has 3 aromatic carbocycles. The molecular weight excluding hydrogens is 1710 g/mol. The maximum atomic E-state index is 16.9. The number of carbonyl (C=O) groups excluding carboxylic acids is 4. The number of rotatable bonds is 39. The van der Waals surface area contributed by atoms with E-state index in [1.807, 2.05) is 32.8 Å². The van der Waals surface area contributed by atoms with Crippen LogP contribution in [-0.2, 0) is 31.1 Å². The largest absolute Gasteiger partial charge is 0.385 e. The Morgan fingerprint density at radius 3 is 1.19 bits per heavy atom. The number of amides is 8. The minimum Gasteiger partial charge on any atom is -0.385 e. The first-order chi connectivity index (χ1) is 62.0. The van der Waals surface area contributed by atoms with Gasteiger partial charge in [-0.1, -0.05) is 187 Å². The highest BCUT2D eigenvalue weighted by Crippen LogP contribution is 2.48. The van der Waals surface area contributed by atoms with E-state index in [2.05, 4.69) is 31.9 Å². The van der Waals surface area contributed by atoms with E-state index >= 15 is 17.6 Å². The van der Waals surface area contributed by atoms with E-state index < -0.39 is 45.9 Å². The van der Waals surface area contributed by atoms with E-state index in [1.54, 1.807) is 66.4 Å². The van der Waals surface area contributed by atoms with Gasteiger partial charge in [-0.15, -0.1) is 0 Å². The van der Waals surface area contributed by atoms with Gasteiger partial charge in [0.15, 0.2) is 0 Å². The van der Waals surface area contributed by atoms with Crippen LogP contribution in [0.25, 0.3) is 0 Å². The summed E-state index contributed by atoms with van der Waals surface area (Å²) in [5.41, 5.74) is 7.52. The van der Waals surface area contributed by atoms with Gasteiger partial charge in [-0.25, -0.2) is 41.1 Å². The van der Waals surface area contributed by atoms with Crippen molar-refractivity contribution in [2.24, 2.45) is 47.0 Å². The first-order valence-electron chi connectivity index (χ1n) is 49.7.